The Balaban J connectivity index is 0.00000342. The number of aromatic nitrogens is 1. The molecule has 0 spiro atoms. The van der Waals surface area contributed by atoms with Crippen molar-refractivity contribution < 1.29 is 19.1 Å². The van der Waals surface area contributed by atoms with Gasteiger partial charge in [0.05, 0.1) is 5.52 Å². The summed E-state index contributed by atoms with van der Waals surface area (Å²) in [7, 11) is 0. The number of aryl methyl sites for hydroxylation is 1. The number of nitrogens with two attached hydrogens (primary N) is 1. The van der Waals surface area contributed by atoms with Gasteiger partial charge in [0.25, 0.3) is 5.91 Å². The van der Waals surface area contributed by atoms with E-state index in [1.165, 1.54) is 6.92 Å². The van der Waals surface area contributed by atoms with Crippen LogP contribution in [-0.4, -0.2) is 16.9 Å². The molecule has 35 heavy (non-hydrogen) atoms. The number of halogens is 1. The van der Waals surface area contributed by atoms with E-state index in [2.05, 4.69) is 10.3 Å². The Labute approximate surface area is 209 Å². The van der Waals surface area contributed by atoms with Crippen LogP contribution in [0.2, 0.25) is 0 Å². The van der Waals surface area contributed by atoms with Gasteiger partial charge in [-0.25, -0.2) is 0 Å². The molecule has 180 valence electrons. The van der Waals surface area contributed by atoms with Crippen molar-refractivity contribution >= 4 is 46.6 Å². The summed E-state index contributed by atoms with van der Waals surface area (Å²) < 4.78 is 10.9. The Morgan fingerprint density at radius 3 is 2.46 bits per heavy atom. The summed E-state index contributed by atoms with van der Waals surface area (Å²) in [5.41, 5.74) is 11.1. The molecule has 0 radical (unpaired) electrons. The standard InChI is InChI=1S/C27H25N3O4.ClH/c1-17-13-25(28)24-14-21(9-12-26(24)29-17)30-27(32)23-6-4-3-5-20(23)16-34-22-10-7-19(8-11-22)15-33-18(2)31;/h3-14H,15-16H2,1-2H3,(H2,28,29)(H,30,32);1H. The third kappa shape index (κ3) is 6.49. The first-order valence-corrected chi connectivity index (χ1v) is 10.8. The molecule has 1 amide bonds. The van der Waals surface area contributed by atoms with Crippen LogP contribution in [0.3, 0.4) is 0 Å². The number of carbonyl (C=O) groups excluding carboxylic acids is 2. The molecule has 0 unspecified atom stereocenters. The Hall–Kier alpha value is -4.10. The third-order valence-corrected chi connectivity index (χ3v) is 5.25. The van der Waals surface area contributed by atoms with Gasteiger partial charge in [0.15, 0.2) is 0 Å². The van der Waals surface area contributed by atoms with E-state index in [9.17, 15) is 9.59 Å². The molecular weight excluding hydrogens is 466 g/mol. The van der Waals surface area contributed by atoms with Crippen LogP contribution < -0.4 is 15.8 Å². The molecule has 0 bridgehead atoms. The number of ether oxygens (including phenoxy) is 2. The van der Waals surface area contributed by atoms with Crippen LogP contribution in [0, 0.1) is 6.92 Å². The number of nitrogens with zero attached hydrogens (tertiary/aromatic N) is 1. The molecule has 1 aromatic heterocycles. The van der Waals surface area contributed by atoms with Gasteiger partial charge >= 0.3 is 5.97 Å². The summed E-state index contributed by atoms with van der Waals surface area (Å²) in [6, 6.07) is 21.8. The Bertz CT molecular complexity index is 1360. The second-order valence-corrected chi connectivity index (χ2v) is 7.91. The van der Waals surface area contributed by atoms with Crippen LogP contribution in [0.1, 0.15) is 34.1 Å². The number of nitrogens with one attached hydrogen (secondary N) is 1. The summed E-state index contributed by atoms with van der Waals surface area (Å²) in [6.07, 6.45) is 0. The number of amides is 1. The van der Waals surface area contributed by atoms with E-state index in [-0.39, 0.29) is 37.5 Å². The molecule has 3 aromatic carbocycles. The van der Waals surface area contributed by atoms with Crippen molar-refractivity contribution in [3.63, 3.8) is 0 Å². The van der Waals surface area contributed by atoms with Gasteiger partial charge in [-0.1, -0.05) is 30.3 Å². The number of esters is 1. The van der Waals surface area contributed by atoms with Crippen molar-refractivity contribution in [2.24, 2.45) is 0 Å². The fourth-order valence-electron chi connectivity index (χ4n) is 3.56. The number of anilines is 2. The molecule has 8 heteroatoms. The highest BCUT2D eigenvalue weighted by atomic mass is 35.5. The molecule has 0 fully saturated rings. The lowest BCUT2D eigenvalue weighted by molar-refractivity contribution is -0.142. The van der Waals surface area contributed by atoms with Gasteiger partial charge in [0.2, 0.25) is 0 Å². The lowest BCUT2D eigenvalue weighted by Gasteiger charge is -2.13. The molecule has 3 N–H and O–H groups in total. The van der Waals surface area contributed by atoms with Crippen molar-refractivity contribution in [2.45, 2.75) is 27.1 Å². The maximum atomic E-state index is 13.0. The number of carbonyl (C=O) groups is 2. The van der Waals surface area contributed by atoms with Crippen LogP contribution in [0.4, 0.5) is 11.4 Å². The normalized spacial score (nSPS) is 10.3. The van der Waals surface area contributed by atoms with Crippen LogP contribution in [0.25, 0.3) is 10.9 Å². The fourth-order valence-corrected chi connectivity index (χ4v) is 3.56. The van der Waals surface area contributed by atoms with E-state index in [4.69, 9.17) is 15.2 Å². The number of benzene rings is 3. The predicted molar refractivity (Wildman–Crippen MR) is 139 cm³/mol. The SMILES string of the molecule is CC(=O)OCc1ccc(OCc2ccccc2C(=O)Nc2ccc3nc(C)cc(N)c3c2)cc1.Cl. The Morgan fingerprint density at radius 1 is 0.971 bits per heavy atom. The average molecular weight is 492 g/mol. The van der Waals surface area contributed by atoms with Crippen molar-refractivity contribution in [1.29, 1.82) is 0 Å². The van der Waals surface area contributed by atoms with Crippen LogP contribution in [0.5, 0.6) is 5.75 Å². The van der Waals surface area contributed by atoms with Crippen LogP contribution in [0.15, 0.2) is 72.8 Å². The first kappa shape index (κ1) is 25.5. The number of rotatable bonds is 7. The fraction of sp³-hybridized carbons (Fsp3) is 0.148. The molecule has 0 aliphatic rings. The maximum Gasteiger partial charge on any atom is 0.302 e. The highest BCUT2D eigenvalue weighted by Crippen LogP contribution is 2.25. The zero-order chi connectivity index (χ0) is 24.1. The number of hydrogen-bond donors (Lipinski definition) is 2. The van der Waals surface area contributed by atoms with E-state index in [0.29, 0.717) is 22.7 Å². The van der Waals surface area contributed by atoms with Crippen LogP contribution in [-0.2, 0) is 22.7 Å². The Kier molecular flexibility index (Phi) is 8.28. The van der Waals surface area contributed by atoms with E-state index in [1.807, 2.05) is 61.5 Å². The molecule has 0 aliphatic heterocycles. The maximum absolute atomic E-state index is 13.0. The molecular formula is C27H26ClN3O4. The van der Waals surface area contributed by atoms with Gasteiger partial charge in [-0.3, -0.25) is 14.6 Å². The van der Waals surface area contributed by atoms with Crippen LogP contribution >= 0.6 is 12.4 Å². The van der Waals surface area contributed by atoms with Crippen molar-refractivity contribution in [2.75, 3.05) is 11.1 Å². The number of hydrogen-bond acceptors (Lipinski definition) is 6. The molecule has 4 aromatic rings. The summed E-state index contributed by atoms with van der Waals surface area (Å²) in [6.45, 7) is 3.70. The van der Waals surface area contributed by atoms with E-state index < -0.39 is 0 Å². The quantitative estimate of drug-likeness (QED) is 0.333. The van der Waals surface area contributed by atoms with Gasteiger partial charge in [0.1, 0.15) is 19.0 Å². The second-order valence-electron chi connectivity index (χ2n) is 7.91. The highest BCUT2D eigenvalue weighted by molar-refractivity contribution is 6.06. The van der Waals surface area contributed by atoms with Gasteiger partial charge in [-0.15, -0.1) is 12.4 Å². The van der Waals surface area contributed by atoms with Gasteiger partial charge < -0.3 is 20.5 Å². The largest absolute Gasteiger partial charge is 0.489 e. The lowest BCUT2D eigenvalue weighted by atomic mass is 10.1. The molecule has 0 saturated carbocycles. The first-order valence-electron chi connectivity index (χ1n) is 10.8. The third-order valence-electron chi connectivity index (χ3n) is 5.25. The zero-order valence-corrected chi connectivity index (χ0v) is 20.2. The van der Waals surface area contributed by atoms with Crippen molar-refractivity contribution in [3.05, 3.63) is 95.2 Å². The molecule has 0 aliphatic carbocycles. The second kappa shape index (κ2) is 11.4. The number of nitrogen functional groups attached to an aromatic ring is 1. The molecule has 1 heterocycles. The predicted octanol–water partition coefficient (Wildman–Crippen LogP) is 5.44. The average Bonchev–Trinajstić information content (AvgIpc) is 2.82. The van der Waals surface area contributed by atoms with Gasteiger partial charge in [0, 0.05) is 40.5 Å². The van der Waals surface area contributed by atoms with Crippen molar-refractivity contribution in [3.8, 4) is 5.75 Å². The van der Waals surface area contributed by atoms with E-state index >= 15 is 0 Å². The summed E-state index contributed by atoms with van der Waals surface area (Å²) in [5, 5.41) is 3.73. The van der Waals surface area contributed by atoms with E-state index in [1.54, 1.807) is 18.2 Å². The molecule has 7 nitrogen and oxygen atoms in total. The summed E-state index contributed by atoms with van der Waals surface area (Å²) >= 11 is 0. The smallest absolute Gasteiger partial charge is 0.302 e. The minimum Gasteiger partial charge on any atom is -0.489 e. The number of fused-ring (bicyclic) bond motifs is 1. The van der Waals surface area contributed by atoms with Gasteiger partial charge in [-0.2, -0.15) is 0 Å². The topological polar surface area (TPSA) is 104 Å². The summed E-state index contributed by atoms with van der Waals surface area (Å²) in [5.74, 6) is 0.0811. The minimum absolute atomic E-state index is 0. The molecule has 0 saturated heterocycles. The molecule has 0 atom stereocenters. The van der Waals surface area contributed by atoms with E-state index in [0.717, 1.165) is 27.7 Å². The number of pyridine rings is 1. The monoisotopic (exact) mass is 491 g/mol. The summed E-state index contributed by atoms with van der Waals surface area (Å²) in [4.78, 5) is 28.5. The van der Waals surface area contributed by atoms with Gasteiger partial charge in [-0.05, 0) is 55.0 Å². The lowest BCUT2D eigenvalue weighted by Crippen LogP contribution is -2.15. The molecule has 4 rings (SSSR count). The van der Waals surface area contributed by atoms with Crippen molar-refractivity contribution in [1.82, 2.24) is 4.98 Å². The zero-order valence-electron chi connectivity index (χ0n) is 19.4. The first-order chi connectivity index (χ1) is 16.4. The Morgan fingerprint density at radius 2 is 1.71 bits per heavy atom. The minimum atomic E-state index is -0.325. The highest BCUT2D eigenvalue weighted by Gasteiger charge is 2.13.